The number of aromatic nitrogens is 4. The lowest BCUT2D eigenvalue weighted by molar-refractivity contribution is 0.0621. The number of hydrogen-bond acceptors (Lipinski definition) is 8. The molecule has 0 saturated carbocycles. The number of piperidine rings is 1. The molecule has 2 unspecified atom stereocenters. The van der Waals surface area contributed by atoms with Gasteiger partial charge in [0.05, 0.1) is 30.6 Å². The molecule has 2 atom stereocenters. The lowest BCUT2D eigenvalue weighted by atomic mass is 9.98. The molecule has 4 rings (SSSR count). The minimum Gasteiger partial charge on any atom is -0.492 e. The summed E-state index contributed by atoms with van der Waals surface area (Å²) in [5, 5.41) is 23.5. The van der Waals surface area contributed by atoms with E-state index in [-0.39, 0.29) is 18.0 Å². The lowest BCUT2D eigenvalue weighted by Gasteiger charge is -2.38. The quantitative estimate of drug-likeness (QED) is 0.672. The maximum absolute atomic E-state index is 13.4. The Morgan fingerprint density at radius 2 is 2.10 bits per heavy atom. The van der Waals surface area contributed by atoms with E-state index in [0.717, 1.165) is 12.8 Å². The van der Waals surface area contributed by atoms with Crippen LogP contribution in [0.3, 0.4) is 0 Å². The zero-order valence-electron chi connectivity index (χ0n) is 16.6. The lowest BCUT2D eigenvalue weighted by Crippen LogP contribution is -2.49. The monoisotopic (exact) mass is 423 g/mol. The molecule has 0 spiro atoms. The van der Waals surface area contributed by atoms with Crippen molar-refractivity contribution in [3.8, 4) is 16.8 Å². The summed E-state index contributed by atoms with van der Waals surface area (Å²) in [4.78, 5) is 21.0. The fourth-order valence-electron chi connectivity index (χ4n) is 3.64. The fourth-order valence-corrected chi connectivity index (χ4v) is 4.44. The molecule has 0 radical (unpaired) electrons. The van der Waals surface area contributed by atoms with Crippen LogP contribution in [0.4, 0.5) is 5.82 Å². The molecule has 1 aliphatic heterocycles. The van der Waals surface area contributed by atoms with E-state index in [1.165, 1.54) is 23.2 Å². The molecule has 0 aliphatic carbocycles. The van der Waals surface area contributed by atoms with E-state index in [4.69, 9.17) is 4.74 Å². The Morgan fingerprint density at radius 1 is 1.30 bits per heavy atom. The highest BCUT2D eigenvalue weighted by atomic mass is 32.1. The topological polar surface area (TPSA) is 109 Å². The summed E-state index contributed by atoms with van der Waals surface area (Å²) in [6.45, 7) is 2.57. The van der Waals surface area contributed by atoms with Crippen molar-refractivity contribution in [3.05, 3.63) is 47.2 Å². The van der Waals surface area contributed by atoms with Crippen molar-refractivity contribution >= 4 is 23.1 Å². The third-order valence-corrected chi connectivity index (χ3v) is 6.07. The van der Waals surface area contributed by atoms with Crippen molar-refractivity contribution in [1.82, 2.24) is 24.9 Å². The number of rotatable bonds is 5. The number of likely N-dealkylation sites (tertiary alicyclic amines) is 1. The third kappa shape index (κ3) is 3.71. The maximum atomic E-state index is 13.4. The van der Waals surface area contributed by atoms with Gasteiger partial charge in [0.15, 0.2) is 16.6 Å². The van der Waals surface area contributed by atoms with E-state index in [9.17, 15) is 10.1 Å². The minimum atomic E-state index is -0.0479. The van der Waals surface area contributed by atoms with Gasteiger partial charge in [-0.2, -0.15) is 15.5 Å². The van der Waals surface area contributed by atoms with Gasteiger partial charge in [-0.25, -0.2) is 4.98 Å². The molecule has 1 aliphatic rings. The molecule has 10 heteroatoms. The van der Waals surface area contributed by atoms with Gasteiger partial charge < -0.3 is 15.0 Å². The van der Waals surface area contributed by atoms with E-state index >= 15 is 0 Å². The van der Waals surface area contributed by atoms with E-state index in [2.05, 4.69) is 33.5 Å². The fraction of sp³-hybridized carbons (Fsp3) is 0.350. The number of carbonyl (C=O) groups excluding carboxylic acids is 1. The van der Waals surface area contributed by atoms with Crippen molar-refractivity contribution in [2.24, 2.45) is 0 Å². The maximum Gasteiger partial charge on any atom is 0.257 e. The molecule has 154 valence electrons. The molecule has 3 aromatic rings. The van der Waals surface area contributed by atoms with Crippen LogP contribution in [0.15, 0.2) is 36.1 Å². The van der Waals surface area contributed by atoms with Crippen LogP contribution in [0.25, 0.3) is 5.00 Å². The van der Waals surface area contributed by atoms with E-state index in [0.29, 0.717) is 34.2 Å². The van der Waals surface area contributed by atoms with Crippen molar-refractivity contribution in [3.63, 3.8) is 0 Å². The van der Waals surface area contributed by atoms with Gasteiger partial charge in [0.1, 0.15) is 6.07 Å². The third-order valence-electron chi connectivity index (χ3n) is 5.19. The first-order valence-electron chi connectivity index (χ1n) is 9.57. The second-order valence-electron chi connectivity index (χ2n) is 7.04. The molecular weight excluding hydrogens is 402 g/mol. The molecule has 1 N–H and O–H groups in total. The first-order valence-corrected chi connectivity index (χ1v) is 10.4. The van der Waals surface area contributed by atoms with Crippen molar-refractivity contribution in [2.75, 3.05) is 19.0 Å². The molecule has 3 aromatic heterocycles. The van der Waals surface area contributed by atoms with Crippen LogP contribution in [-0.2, 0) is 0 Å². The first kappa shape index (κ1) is 19.8. The number of nitriles is 1. The van der Waals surface area contributed by atoms with Gasteiger partial charge in [-0.05, 0) is 37.3 Å². The first-order chi connectivity index (χ1) is 14.6. The zero-order chi connectivity index (χ0) is 21.1. The van der Waals surface area contributed by atoms with E-state index in [1.807, 2.05) is 16.3 Å². The van der Waals surface area contributed by atoms with Crippen molar-refractivity contribution < 1.29 is 9.53 Å². The van der Waals surface area contributed by atoms with Gasteiger partial charge in [0.25, 0.3) is 5.91 Å². The summed E-state index contributed by atoms with van der Waals surface area (Å²) >= 11 is 1.43. The van der Waals surface area contributed by atoms with Gasteiger partial charge in [-0.1, -0.05) is 0 Å². The Hall–Kier alpha value is -3.45. The van der Waals surface area contributed by atoms with Crippen LogP contribution in [0.2, 0.25) is 0 Å². The number of hydrogen-bond donors (Lipinski definition) is 1. The standard InChI is InChI=1S/C20H21N7O2S/c1-13-3-4-15(25-18-17(29-2)14(11-21)5-7-22-18)12-26(13)19(28)16-6-10-30-20(16)27-23-8-9-24-27/h5-10,13,15H,3-4,12H2,1-2H3,(H,22,25). The molecule has 9 nitrogen and oxygen atoms in total. The van der Waals surface area contributed by atoms with Crippen LogP contribution in [0, 0.1) is 11.3 Å². The average molecular weight is 424 g/mol. The number of pyridine rings is 1. The summed E-state index contributed by atoms with van der Waals surface area (Å²) in [7, 11) is 1.52. The highest BCUT2D eigenvalue weighted by molar-refractivity contribution is 7.12. The number of nitrogens with one attached hydrogen (secondary N) is 1. The van der Waals surface area contributed by atoms with Gasteiger partial charge in [-0.3, -0.25) is 4.79 Å². The van der Waals surface area contributed by atoms with Gasteiger partial charge in [0, 0.05) is 24.8 Å². The predicted octanol–water partition coefficient (Wildman–Crippen LogP) is 2.71. The number of ether oxygens (including phenoxy) is 1. The Kier molecular flexibility index (Phi) is 5.63. The molecule has 30 heavy (non-hydrogen) atoms. The summed E-state index contributed by atoms with van der Waals surface area (Å²) in [5.41, 5.74) is 1.01. The van der Waals surface area contributed by atoms with Gasteiger partial charge >= 0.3 is 0 Å². The number of nitrogens with zero attached hydrogens (tertiary/aromatic N) is 6. The van der Waals surface area contributed by atoms with Crippen LogP contribution in [-0.4, -0.2) is 56.5 Å². The molecular formula is C20H21N7O2S. The number of thiophene rings is 1. The zero-order valence-corrected chi connectivity index (χ0v) is 17.5. The summed E-state index contributed by atoms with van der Waals surface area (Å²) in [6, 6.07) is 5.64. The smallest absolute Gasteiger partial charge is 0.257 e. The highest BCUT2D eigenvalue weighted by Crippen LogP contribution is 2.30. The van der Waals surface area contributed by atoms with Crippen LogP contribution in [0.1, 0.15) is 35.7 Å². The summed E-state index contributed by atoms with van der Waals surface area (Å²) < 4.78 is 5.38. The normalized spacial score (nSPS) is 18.6. The van der Waals surface area contributed by atoms with Crippen LogP contribution >= 0.6 is 11.3 Å². The molecule has 0 bridgehead atoms. The number of carbonyl (C=O) groups is 1. The summed E-state index contributed by atoms with van der Waals surface area (Å²) in [5.74, 6) is 0.884. The van der Waals surface area contributed by atoms with Crippen molar-refractivity contribution in [2.45, 2.75) is 31.8 Å². The summed E-state index contributed by atoms with van der Waals surface area (Å²) in [6.07, 6.45) is 6.49. The highest BCUT2D eigenvalue weighted by Gasteiger charge is 2.32. The Bertz CT molecular complexity index is 1070. The van der Waals surface area contributed by atoms with Crippen LogP contribution < -0.4 is 10.1 Å². The van der Waals surface area contributed by atoms with Gasteiger partial charge in [-0.15, -0.1) is 16.1 Å². The van der Waals surface area contributed by atoms with Crippen molar-refractivity contribution in [1.29, 1.82) is 5.26 Å². The predicted molar refractivity (Wildman–Crippen MR) is 112 cm³/mol. The van der Waals surface area contributed by atoms with E-state index < -0.39 is 0 Å². The molecule has 0 aromatic carbocycles. The molecule has 4 heterocycles. The molecule has 1 fully saturated rings. The second kappa shape index (κ2) is 8.51. The number of anilines is 1. The Labute approximate surface area is 177 Å². The SMILES string of the molecule is COc1c(C#N)ccnc1NC1CCC(C)N(C(=O)c2ccsc2-n2nccn2)C1. The molecule has 1 amide bonds. The van der Waals surface area contributed by atoms with Crippen LogP contribution in [0.5, 0.6) is 5.75 Å². The number of amides is 1. The Balaban J connectivity index is 1.55. The average Bonchev–Trinajstić information content (AvgIpc) is 3.46. The largest absolute Gasteiger partial charge is 0.492 e. The Morgan fingerprint density at radius 3 is 2.83 bits per heavy atom. The second-order valence-corrected chi connectivity index (χ2v) is 7.93. The number of methoxy groups -OCH3 is 1. The van der Waals surface area contributed by atoms with E-state index in [1.54, 1.807) is 24.7 Å². The van der Waals surface area contributed by atoms with Gasteiger partial charge in [0.2, 0.25) is 0 Å². The minimum absolute atomic E-state index is 0.00888. The molecule has 1 saturated heterocycles.